The van der Waals surface area contributed by atoms with E-state index in [9.17, 15) is 9.59 Å². The summed E-state index contributed by atoms with van der Waals surface area (Å²) in [5.41, 5.74) is 4.52. The highest BCUT2D eigenvalue weighted by molar-refractivity contribution is 9.10. The summed E-state index contributed by atoms with van der Waals surface area (Å²) in [5.74, 6) is 0. The number of anilines is 4. The van der Waals surface area contributed by atoms with Gasteiger partial charge in [-0.3, -0.25) is 0 Å². The van der Waals surface area contributed by atoms with Crippen LogP contribution >= 0.6 is 31.9 Å². The van der Waals surface area contributed by atoms with E-state index in [1.807, 2.05) is 50.2 Å². The molecule has 10 heteroatoms. The van der Waals surface area contributed by atoms with E-state index in [1.165, 1.54) is 82.0 Å². The second-order valence-corrected chi connectivity index (χ2v) is 14.0. The summed E-state index contributed by atoms with van der Waals surface area (Å²) >= 11 is 6.87. The first-order chi connectivity index (χ1) is 22.5. The summed E-state index contributed by atoms with van der Waals surface area (Å²) in [5, 5.41) is 11.1. The average molecular weight is 794 g/mol. The first-order valence-electron chi connectivity index (χ1n) is 17.2. The van der Waals surface area contributed by atoms with Gasteiger partial charge in [0.05, 0.1) is 26.2 Å². The predicted octanol–water partition coefficient (Wildman–Crippen LogP) is 9.12. The smallest absolute Gasteiger partial charge is 0.323 e. The molecule has 4 amide bonds. The molecule has 7 nitrogen and oxygen atoms in total. The average Bonchev–Trinajstić information content (AvgIpc) is 3.04. The van der Waals surface area contributed by atoms with Crippen LogP contribution in [0, 0.1) is 13.8 Å². The van der Waals surface area contributed by atoms with Crippen LogP contribution in [-0.2, 0) is 0 Å². The van der Waals surface area contributed by atoms with E-state index < -0.39 is 0 Å². The van der Waals surface area contributed by atoms with Gasteiger partial charge in [-0.15, -0.1) is 0 Å². The number of hydrogen-bond donors (Lipinski definition) is 4. The van der Waals surface area contributed by atoms with Gasteiger partial charge in [0.15, 0.2) is 0 Å². The number of urea groups is 2. The molecule has 3 aromatic rings. The fourth-order valence-electron chi connectivity index (χ4n) is 5.35. The van der Waals surface area contributed by atoms with Gasteiger partial charge in [0.2, 0.25) is 0 Å². The van der Waals surface area contributed by atoms with Crippen LogP contribution in [0.5, 0.6) is 0 Å². The van der Waals surface area contributed by atoms with Crippen molar-refractivity contribution in [2.24, 2.45) is 0 Å². The molecule has 0 aliphatic heterocycles. The number of carbonyl (C=O) groups excluding carboxylic acids is 2. The Morgan fingerprint density at radius 2 is 0.854 bits per heavy atom. The fourth-order valence-corrected chi connectivity index (χ4v) is 5.84. The van der Waals surface area contributed by atoms with Gasteiger partial charge in [0.1, 0.15) is 0 Å². The zero-order valence-electron chi connectivity index (χ0n) is 29.7. The highest BCUT2D eigenvalue weighted by Crippen LogP contribution is 2.22. The minimum absolute atomic E-state index is 0. The van der Waals surface area contributed by atoms with Crippen LogP contribution in [-0.4, -0.2) is 42.7 Å². The van der Waals surface area contributed by atoms with Gasteiger partial charge in [-0.1, -0.05) is 91.3 Å². The highest BCUT2D eigenvalue weighted by atomic mass is 79.9. The Hall–Kier alpha value is -2.95. The van der Waals surface area contributed by atoms with Crippen LogP contribution < -0.4 is 26.0 Å². The van der Waals surface area contributed by atoms with Crippen LogP contribution in [0.1, 0.15) is 90.2 Å². The molecule has 0 fully saturated rings. The topological polar surface area (TPSA) is 82.3 Å². The molecule has 0 radical (unpaired) electrons. The number of halogens is 3. The predicted molar refractivity (Wildman–Crippen MR) is 209 cm³/mol. The van der Waals surface area contributed by atoms with Gasteiger partial charge in [-0.05, 0) is 105 Å². The third-order valence-corrected chi connectivity index (χ3v) is 9.93. The number of rotatable bonds is 16. The van der Waals surface area contributed by atoms with Crippen molar-refractivity contribution >= 4 is 66.7 Å². The Bertz CT molecular complexity index is 1280. The number of unbranched alkanes of at least 4 members (excludes halogenated alkanes) is 4. The van der Waals surface area contributed by atoms with Crippen LogP contribution in [0.4, 0.5) is 32.3 Å². The summed E-state index contributed by atoms with van der Waals surface area (Å²) in [6.07, 6.45) is 11.1. The second kappa shape index (κ2) is 23.4. The molecular formula is C38H56Br2FN5O2. The number of quaternary nitrogens is 1. The van der Waals surface area contributed by atoms with Crippen molar-refractivity contribution in [1.29, 1.82) is 0 Å². The Balaban J connectivity index is 0.000000551. The Kier molecular flexibility index (Phi) is 21.0. The number of nitrogens with one attached hydrogen (secondary N) is 4. The molecule has 0 spiro atoms. The summed E-state index contributed by atoms with van der Waals surface area (Å²) in [7, 11) is 0. The molecule has 266 valence electrons. The monoisotopic (exact) mass is 791 g/mol. The fraction of sp³-hybridized carbons (Fsp3) is 0.474. The van der Waals surface area contributed by atoms with Gasteiger partial charge in [0, 0.05) is 31.7 Å². The number of amides is 4. The molecule has 0 aliphatic rings. The van der Waals surface area contributed by atoms with Crippen molar-refractivity contribution in [3.05, 3.63) is 80.7 Å². The van der Waals surface area contributed by atoms with Crippen molar-refractivity contribution in [3.63, 3.8) is 0 Å². The molecule has 0 heterocycles. The lowest BCUT2D eigenvalue weighted by Gasteiger charge is -2.39. The van der Waals surface area contributed by atoms with Gasteiger partial charge in [0.25, 0.3) is 0 Å². The molecule has 0 saturated heterocycles. The third kappa shape index (κ3) is 16.0. The standard InChI is InChI=1S/C22H20Br2N4O2.C16H36N.FH/c1-13-10-17(6-8-19(13)23)27-21(29)25-15-4-3-5-16(12-15)26-22(30)28-18-7-9-20(24)14(2)11-18;1-5-9-13-17(14-10-6-2,15-11-7-3)16-12-8-4;/h3-12H,1-2H3,(H2,25,27,29)(H2,26,28,30);5-16H2,1-4H3;1H/q;+1;/p-1. The first kappa shape index (κ1) is 43.1. The van der Waals surface area contributed by atoms with Crippen molar-refractivity contribution in [2.75, 3.05) is 47.4 Å². The third-order valence-electron chi connectivity index (χ3n) is 8.15. The van der Waals surface area contributed by atoms with Crippen molar-refractivity contribution in [1.82, 2.24) is 0 Å². The van der Waals surface area contributed by atoms with E-state index in [0.717, 1.165) is 20.1 Å². The molecule has 0 aliphatic carbocycles. The van der Waals surface area contributed by atoms with E-state index in [0.29, 0.717) is 22.7 Å². The lowest BCUT2D eigenvalue weighted by Crippen LogP contribution is -3.00. The summed E-state index contributed by atoms with van der Waals surface area (Å²) < 4.78 is 3.37. The number of hydrogen-bond acceptors (Lipinski definition) is 2. The van der Waals surface area contributed by atoms with E-state index in [-0.39, 0.29) is 16.8 Å². The molecule has 3 rings (SSSR count). The zero-order chi connectivity index (χ0) is 34.7. The molecule has 4 N–H and O–H groups in total. The van der Waals surface area contributed by atoms with Crippen LogP contribution in [0.2, 0.25) is 0 Å². The molecule has 3 aromatic carbocycles. The Morgan fingerprint density at radius 3 is 1.15 bits per heavy atom. The number of nitrogens with zero attached hydrogens (tertiary/aromatic N) is 1. The second-order valence-electron chi connectivity index (χ2n) is 12.3. The minimum Gasteiger partial charge on any atom is -1.00 e. The molecule has 0 aromatic heterocycles. The Labute approximate surface area is 305 Å². The van der Waals surface area contributed by atoms with E-state index in [2.05, 4.69) is 80.8 Å². The van der Waals surface area contributed by atoms with E-state index in [4.69, 9.17) is 0 Å². The number of carbonyl (C=O) groups is 2. The van der Waals surface area contributed by atoms with Crippen molar-refractivity contribution in [3.8, 4) is 0 Å². The maximum Gasteiger partial charge on any atom is 0.323 e. The molecule has 0 bridgehead atoms. The van der Waals surface area contributed by atoms with Gasteiger partial charge < -0.3 is 30.5 Å². The maximum absolute atomic E-state index is 12.3. The first-order valence-corrected chi connectivity index (χ1v) is 18.8. The summed E-state index contributed by atoms with van der Waals surface area (Å²) in [6, 6.07) is 17.3. The molecule has 0 unspecified atom stereocenters. The van der Waals surface area contributed by atoms with Crippen LogP contribution in [0.15, 0.2) is 69.6 Å². The SMILES string of the molecule is CCCC[N+](CCCC)(CCCC)CCCC.Cc1cc(NC(=O)Nc2cccc(NC(=O)Nc3ccc(Br)c(C)c3)c2)ccc1Br.[F-]. The van der Waals surface area contributed by atoms with Crippen molar-refractivity contribution in [2.45, 2.75) is 92.9 Å². The number of benzene rings is 3. The maximum atomic E-state index is 12.3. The summed E-state index contributed by atoms with van der Waals surface area (Å²) in [4.78, 5) is 24.5. The number of aryl methyl sites for hydroxylation is 2. The van der Waals surface area contributed by atoms with E-state index >= 15 is 0 Å². The minimum atomic E-state index is -0.372. The van der Waals surface area contributed by atoms with Gasteiger partial charge >= 0.3 is 12.1 Å². The lowest BCUT2D eigenvalue weighted by molar-refractivity contribution is -0.929. The largest absolute Gasteiger partial charge is 1.00 e. The van der Waals surface area contributed by atoms with Gasteiger partial charge in [-0.25, -0.2) is 9.59 Å². The highest BCUT2D eigenvalue weighted by Gasteiger charge is 2.24. The molecule has 48 heavy (non-hydrogen) atoms. The van der Waals surface area contributed by atoms with Crippen LogP contribution in [0.3, 0.4) is 0 Å². The Morgan fingerprint density at radius 1 is 0.542 bits per heavy atom. The summed E-state index contributed by atoms with van der Waals surface area (Å²) in [6.45, 7) is 18.9. The van der Waals surface area contributed by atoms with E-state index in [1.54, 1.807) is 24.3 Å². The zero-order valence-corrected chi connectivity index (χ0v) is 32.8. The normalized spacial score (nSPS) is 10.7. The molecule has 0 saturated carbocycles. The van der Waals surface area contributed by atoms with Crippen LogP contribution in [0.25, 0.3) is 0 Å². The molecule has 0 atom stereocenters. The van der Waals surface area contributed by atoms with Crippen molar-refractivity contribution < 1.29 is 18.8 Å². The lowest BCUT2D eigenvalue weighted by atomic mass is 10.1. The molecular weight excluding hydrogens is 737 g/mol. The van der Waals surface area contributed by atoms with Gasteiger partial charge in [-0.2, -0.15) is 0 Å². The quantitative estimate of drug-likeness (QED) is 0.109.